The van der Waals surface area contributed by atoms with Crippen molar-refractivity contribution in [3.63, 3.8) is 0 Å². The van der Waals surface area contributed by atoms with Gasteiger partial charge in [0.25, 0.3) is 17.7 Å². The molecule has 1 atom stereocenters. The molecule has 2 aromatic carbocycles. The van der Waals surface area contributed by atoms with Gasteiger partial charge in [-0.05, 0) is 50.1 Å². The molecule has 4 rings (SSSR count). The second-order valence-electron chi connectivity index (χ2n) is 7.83. The molecule has 1 unspecified atom stereocenters. The third-order valence-corrected chi connectivity index (χ3v) is 5.81. The minimum atomic E-state index is -0.931. The van der Waals surface area contributed by atoms with Crippen LogP contribution in [-0.4, -0.2) is 63.7 Å². The highest BCUT2D eigenvalue weighted by molar-refractivity contribution is 6.22. The van der Waals surface area contributed by atoms with Crippen molar-refractivity contribution >= 4 is 23.6 Å². The molecule has 4 amide bonds. The summed E-state index contributed by atoms with van der Waals surface area (Å²) in [5.74, 6) is -1.45. The summed E-state index contributed by atoms with van der Waals surface area (Å²) in [5, 5.41) is 12.5. The number of amides is 4. The molecule has 160 valence electrons. The zero-order chi connectivity index (χ0) is 22.1. The second-order valence-corrected chi connectivity index (χ2v) is 7.83. The Morgan fingerprint density at radius 2 is 1.61 bits per heavy atom. The number of hydrogen-bond donors (Lipinski definition) is 2. The Kier molecular flexibility index (Phi) is 5.46. The van der Waals surface area contributed by atoms with Crippen LogP contribution in [0.2, 0.25) is 0 Å². The molecular weight excluding hydrogens is 398 g/mol. The highest BCUT2D eigenvalue weighted by Gasteiger charge is 2.41. The Morgan fingerprint density at radius 1 is 1.00 bits per heavy atom. The summed E-state index contributed by atoms with van der Waals surface area (Å²) in [7, 11) is 0. The van der Waals surface area contributed by atoms with Crippen molar-refractivity contribution in [3.05, 3.63) is 65.2 Å². The first-order chi connectivity index (χ1) is 14.9. The number of phenolic OH excluding ortho intramolecular Hbond substituents is 1. The number of hydrogen-bond acceptors (Lipinski definition) is 5. The number of rotatable bonds is 4. The molecular formula is C23H23N3O5. The molecule has 8 nitrogen and oxygen atoms in total. The maximum atomic E-state index is 12.7. The van der Waals surface area contributed by atoms with E-state index in [2.05, 4.69) is 5.32 Å². The molecule has 2 aliphatic rings. The van der Waals surface area contributed by atoms with Crippen molar-refractivity contribution in [3.8, 4) is 5.75 Å². The Morgan fingerprint density at radius 3 is 2.19 bits per heavy atom. The van der Waals surface area contributed by atoms with Crippen LogP contribution in [0, 0.1) is 0 Å². The van der Waals surface area contributed by atoms with E-state index < -0.39 is 23.8 Å². The highest BCUT2D eigenvalue weighted by Crippen LogP contribution is 2.25. The number of likely N-dealkylation sites (tertiary alicyclic amines) is 1. The van der Waals surface area contributed by atoms with Crippen LogP contribution >= 0.6 is 0 Å². The fourth-order valence-corrected chi connectivity index (χ4v) is 4.05. The first-order valence-electron chi connectivity index (χ1n) is 10.2. The van der Waals surface area contributed by atoms with Gasteiger partial charge in [0, 0.05) is 24.7 Å². The van der Waals surface area contributed by atoms with Gasteiger partial charge in [0.05, 0.1) is 11.1 Å². The van der Waals surface area contributed by atoms with Crippen molar-refractivity contribution in [2.75, 3.05) is 13.1 Å². The molecule has 0 aromatic heterocycles. The van der Waals surface area contributed by atoms with Gasteiger partial charge in [-0.15, -0.1) is 0 Å². The number of fused-ring (bicyclic) bond motifs is 1. The van der Waals surface area contributed by atoms with Crippen LogP contribution < -0.4 is 5.32 Å². The molecule has 0 aliphatic carbocycles. The van der Waals surface area contributed by atoms with Gasteiger partial charge in [-0.3, -0.25) is 24.1 Å². The SMILES string of the molecule is CC(C(=O)NC1CCN(C(=O)c2cccc(O)c2)CC1)N1C(=O)c2ccccc2C1=O. The largest absolute Gasteiger partial charge is 0.508 e. The number of carbonyl (C=O) groups excluding carboxylic acids is 4. The number of carbonyl (C=O) groups is 4. The van der Waals surface area contributed by atoms with Crippen LogP contribution in [0.4, 0.5) is 0 Å². The zero-order valence-corrected chi connectivity index (χ0v) is 17.1. The van der Waals surface area contributed by atoms with E-state index in [-0.39, 0.29) is 17.7 Å². The molecule has 2 aromatic rings. The van der Waals surface area contributed by atoms with Crippen LogP contribution in [0.5, 0.6) is 5.75 Å². The normalized spacial score (nSPS) is 17.5. The number of imide groups is 1. The van der Waals surface area contributed by atoms with E-state index in [9.17, 15) is 24.3 Å². The highest BCUT2D eigenvalue weighted by atomic mass is 16.3. The quantitative estimate of drug-likeness (QED) is 0.732. The fourth-order valence-electron chi connectivity index (χ4n) is 4.05. The minimum Gasteiger partial charge on any atom is -0.508 e. The third kappa shape index (κ3) is 3.88. The smallest absolute Gasteiger partial charge is 0.262 e. The molecule has 1 fully saturated rings. The summed E-state index contributed by atoms with van der Waals surface area (Å²) in [6, 6.07) is 11.7. The monoisotopic (exact) mass is 421 g/mol. The van der Waals surface area contributed by atoms with E-state index in [1.165, 1.54) is 19.1 Å². The lowest BCUT2D eigenvalue weighted by atomic mass is 10.0. The van der Waals surface area contributed by atoms with E-state index >= 15 is 0 Å². The number of phenols is 1. The van der Waals surface area contributed by atoms with Crippen molar-refractivity contribution in [1.29, 1.82) is 0 Å². The molecule has 8 heteroatoms. The van der Waals surface area contributed by atoms with Gasteiger partial charge in [-0.2, -0.15) is 0 Å². The standard InChI is InChI=1S/C23H23N3O5/c1-14(26-22(30)18-7-2-3-8-19(18)23(26)31)20(28)24-16-9-11-25(12-10-16)21(29)15-5-4-6-17(27)13-15/h2-8,13-14,16,27H,9-12H2,1H3,(H,24,28). The zero-order valence-electron chi connectivity index (χ0n) is 17.1. The first-order valence-corrected chi connectivity index (χ1v) is 10.2. The maximum absolute atomic E-state index is 12.7. The summed E-state index contributed by atoms with van der Waals surface area (Å²) in [6.07, 6.45) is 1.12. The molecule has 0 saturated carbocycles. The molecule has 0 spiro atoms. The number of aromatic hydroxyl groups is 1. The van der Waals surface area contributed by atoms with Crippen molar-refractivity contribution in [2.24, 2.45) is 0 Å². The van der Waals surface area contributed by atoms with Gasteiger partial charge in [0.2, 0.25) is 5.91 Å². The summed E-state index contributed by atoms with van der Waals surface area (Å²) in [5.41, 5.74) is 1.04. The molecule has 2 heterocycles. The van der Waals surface area contributed by atoms with E-state index in [1.807, 2.05) is 0 Å². The Balaban J connectivity index is 1.34. The van der Waals surface area contributed by atoms with Crippen LogP contribution in [0.3, 0.4) is 0 Å². The van der Waals surface area contributed by atoms with E-state index in [4.69, 9.17) is 0 Å². The van der Waals surface area contributed by atoms with Gasteiger partial charge < -0.3 is 15.3 Å². The summed E-state index contributed by atoms with van der Waals surface area (Å²) < 4.78 is 0. The topological polar surface area (TPSA) is 107 Å². The van der Waals surface area contributed by atoms with Crippen LogP contribution in [0.1, 0.15) is 50.8 Å². The average molecular weight is 421 g/mol. The Labute approximate surface area is 179 Å². The Bertz CT molecular complexity index is 1020. The van der Waals surface area contributed by atoms with E-state index in [1.54, 1.807) is 41.3 Å². The molecule has 0 radical (unpaired) electrons. The summed E-state index contributed by atoms with van der Waals surface area (Å²) in [4.78, 5) is 53.2. The minimum absolute atomic E-state index is 0.0372. The fraction of sp³-hybridized carbons (Fsp3) is 0.304. The molecule has 2 N–H and O–H groups in total. The number of nitrogens with zero attached hydrogens (tertiary/aromatic N) is 2. The van der Waals surface area contributed by atoms with Gasteiger partial charge in [-0.25, -0.2) is 0 Å². The number of piperidine rings is 1. The van der Waals surface area contributed by atoms with Gasteiger partial charge in [-0.1, -0.05) is 18.2 Å². The van der Waals surface area contributed by atoms with Gasteiger partial charge in [0.15, 0.2) is 0 Å². The second kappa shape index (κ2) is 8.22. The molecule has 2 aliphatic heterocycles. The van der Waals surface area contributed by atoms with E-state index in [0.29, 0.717) is 42.6 Å². The summed E-state index contributed by atoms with van der Waals surface area (Å²) in [6.45, 7) is 2.46. The molecule has 31 heavy (non-hydrogen) atoms. The average Bonchev–Trinajstić information content (AvgIpc) is 3.03. The van der Waals surface area contributed by atoms with Crippen LogP contribution in [0.25, 0.3) is 0 Å². The lowest BCUT2D eigenvalue weighted by Crippen LogP contribution is -2.53. The number of nitrogens with one attached hydrogen (secondary N) is 1. The molecule has 0 bridgehead atoms. The molecule has 1 saturated heterocycles. The van der Waals surface area contributed by atoms with Crippen molar-refractivity contribution in [2.45, 2.75) is 31.8 Å². The number of benzene rings is 2. The van der Waals surface area contributed by atoms with Gasteiger partial charge >= 0.3 is 0 Å². The first kappa shape index (κ1) is 20.6. The maximum Gasteiger partial charge on any atom is 0.262 e. The predicted molar refractivity (Wildman–Crippen MR) is 112 cm³/mol. The lowest BCUT2D eigenvalue weighted by molar-refractivity contribution is -0.125. The Hall–Kier alpha value is -3.68. The van der Waals surface area contributed by atoms with Crippen LogP contribution in [-0.2, 0) is 4.79 Å². The predicted octanol–water partition coefficient (Wildman–Crippen LogP) is 1.80. The summed E-state index contributed by atoms with van der Waals surface area (Å²) >= 11 is 0. The third-order valence-electron chi connectivity index (χ3n) is 5.81. The lowest BCUT2D eigenvalue weighted by Gasteiger charge is -2.33. The van der Waals surface area contributed by atoms with Crippen molar-refractivity contribution < 1.29 is 24.3 Å². The van der Waals surface area contributed by atoms with Gasteiger partial charge in [0.1, 0.15) is 11.8 Å². The van der Waals surface area contributed by atoms with Crippen LogP contribution in [0.15, 0.2) is 48.5 Å². The van der Waals surface area contributed by atoms with E-state index in [0.717, 1.165) is 4.90 Å². The van der Waals surface area contributed by atoms with Crippen molar-refractivity contribution in [1.82, 2.24) is 15.1 Å².